The van der Waals surface area contributed by atoms with Crippen molar-refractivity contribution in [3.8, 4) is 0 Å². The summed E-state index contributed by atoms with van der Waals surface area (Å²) in [5, 5.41) is -0.110. The van der Waals surface area contributed by atoms with Gasteiger partial charge in [0, 0.05) is 0 Å². The molecule has 0 saturated heterocycles. The van der Waals surface area contributed by atoms with Gasteiger partial charge in [-0.05, 0) is 30.9 Å². The first-order valence-electron chi connectivity index (χ1n) is 6.95. The Balaban J connectivity index is 1.87. The largest absolute Gasteiger partial charge is 0.223 e. The molecule has 0 N–H and O–H groups in total. The van der Waals surface area contributed by atoms with Crippen molar-refractivity contribution < 1.29 is 8.42 Å². The summed E-state index contributed by atoms with van der Waals surface area (Å²) in [6.07, 6.45) is 6.86. The number of unbranched alkanes of at least 4 members (excludes halogenated alkanes) is 3. The highest BCUT2D eigenvalue weighted by atomic mass is 32.2. The molecule has 0 spiro atoms. The van der Waals surface area contributed by atoms with Crippen molar-refractivity contribution in [2.45, 2.75) is 55.6 Å². The Morgan fingerprint density at radius 1 is 1.11 bits per heavy atom. The molecule has 1 saturated carbocycles. The van der Waals surface area contributed by atoms with Gasteiger partial charge in [-0.3, -0.25) is 0 Å². The normalized spacial score (nSPS) is 22.9. The Labute approximate surface area is 110 Å². The van der Waals surface area contributed by atoms with Gasteiger partial charge in [0.2, 0.25) is 0 Å². The summed E-state index contributed by atoms with van der Waals surface area (Å²) < 4.78 is 24.6. The van der Waals surface area contributed by atoms with Gasteiger partial charge in [-0.15, -0.1) is 0 Å². The van der Waals surface area contributed by atoms with Gasteiger partial charge in [0.1, 0.15) is 0 Å². The van der Waals surface area contributed by atoms with E-state index in [1.807, 2.05) is 6.07 Å². The van der Waals surface area contributed by atoms with Crippen LogP contribution >= 0.6 is 0 Å². The predicted molar refractivity (Wildman–Crippen MR) is 74.3 cm³/mol. The summed E-state index contributed by atoms with van der Waals surface area (Å²) in [5.41, 5.74) is 0. The van der Waals surface area contributed by atoms with E-state index < -0.39 is 9.84 Å². The second-order valence-electron chi connectivity index (χ2n) is 5.24. The molecule has 0 bridgehead atoms. The molecule has 18 heavy (non-hydrogen) atoms. The zero-order valence-electron chi connectivity index (χ0n) is 11.0. The van der Waals surface area contributed by atoms with Gasteiger partial charge in [0.25, 0.3) is 0 Å². The first-order chi connectivity index (χ1) is 8.66. The molecule has 1 aromatic carbocycles. The molecule has 0 aliphatic heterocycles. The van der Waals surface area contributed by atoms with Crippen molar-refractivity contribution in [1.82, 2.24) is 0 Å². The smallest absolute Gasteiger partial charge is 0.181 e. The predicted octanol–water partition coefficient (Wildman–Crippen LogP) is 3.82. The molecule has 2 rings (SSSR count). The average Bonchev–Trinajstić information content (AvgIpc) is 3.16. The van der Waals surface area contributed by atoms with Crippen LogP contribution in [0.4, 0.5) is 0 Å². The Morgan fingerprint density at radius 2 is 1.83 bits per heavy atom. The lowest BCUT2D eigenvalue weighted by molar-refractivity contribution is 0.576. The van der Waals surface area contributed by atoms with E-state index in [0.29, 0.717) is 10.8 Å². The molecule has 0 aromatic heterocycles. The third-order valence-electron chi connectivity index (χ3n) is 3.76. The minimum atomic E-state index is -3.06. The quantitative estimate of drug-likeness (QED) is 0.703. The van der Waals surface area contributed by atoms with Crippen LogP contribution in [-0.4, -0.2) is 13.7 Å². The highest BCUT2D eigenvalue weighted by Gasteiger charge is 2.46. The van der Waals surface area contributed by atoms with Crippen molar-refractivity contribution in [3.63, 3.8) is 0 Å². The fraction of sp³-hybridized carbons (Fsp3) is 0.600. The minimum absolute atomic E-state index is 0.110. The maximum atomic E-state index is 12.3. The van der Waals surface area contributed by atoms with Gasteiger partial charge >= 0.3 is 0 Å². The van der Waals surface area contributed by atoms with Crippen LogP contribution in [-0.2, 0) is 9.84 Å². The van der Waals surface area contributed by atoms with E-state index in [2.05, 4.69) is 6.92 Å². The maximum Gasteiger partial charge on any atom is 0.181 e. The topological polar surface area (TPSA) is 34.1 Å². The summed E-state index contributed by atoms with van der Waals surface area (Å²) in [7, 11) is -3.06. The van der Waals surface area contributed by atoms with Crippen molar-refractivity contribution in [1.29, 1.82) is 0 Å². The van der Waals surface area contributed by atoms with Crippen LogP contribution < -0.4 is 0 Å². The lowest BCUT2D eigenvalue weighted by Crippen LogP contribution is -2.09. The number of sulfone groups is 1. The molecule has 3 heteroatoms. The van der Waals surface area contributed by atoms with Crippen LogP contribution in [0.1, 0.15) is 45.4 Å². The third kappa shape index (κ3) is 3.14. The van der Waals surface area contributed by atoms with Crippen molar-refractivity contribution in [2.24, 2.45) is 5.92 Å². The lowest BCUT2D eigenvalue weighted by atomic mass is 10.1. The van der Waals surface area contributed by atoms with Crippen LogP contribution in [0.3, 0.4) is 0 Å². The Morgan fingerprint density at radius 3 is 2.50 bits per heavy atom. The van der Waals surface area contributed by atoms with Crippen LogP contribution in [0.5, 0.6) is 0 Å². The SMILES string of the molecule is CCCCCCC1CC1S(=O)(=O)c1ccccc1. The molecule has 2 nitrogen and oxygen atoms in total. The van der Waals surface area contributed by atoms with E-state index in [4.69, 9.17) is 0 Å². The molecule has 2 unspecified atom stereocenters. The number of benzene rings is 1. The lowest BCUT2D eigenvalue weighted by Gasteiger charge is -2.03. The second kappa shape index (κ2) is 5.87. The van der Waals surface area contributed by atoms with E-state index in [0.717, 1.165) is 12.8 Å². The Kier molecular flexibility index (Phi) is 4.44. The molecule has 1 aromatic rings. The molecule has 2 atom stereocenters. The molecule has 0 heterocycles. The number of hydrogen-bond donors (Lipinski definition) is 0. The number of hydrogen-bond acceptors (Lipinski definition) is 2. The van der Waals surface area contributed by atoms with E-state index in [-0.39, 0.29) is 5.25 Å². The molecular formula is C15H22O2S. The summed E-state index contributed by atoms with van der Waals surface area (Å²) >= 11 is 0. The molecule has 1 fully saturated rings. The van der Waals surface area contributed by atoms with Gasteiger partial charge in [-0.1, -0.05) is 50.8 Å². The van der Waals surface area contributed by atoms with E-state index in [9.17, 15) is 8.42 Å². The molecule has 0 radical (unpaired) electrons. The first kappa shape index (κ1) is 13.6. The van der Waals surface area contributed by atoms with Gasteiger partial charge in [0.15, 0.2) is 9.84 Å². The van der Waals surface area contributed by atoms with E-state index in [1.165, 1.54) is 25.7 Å². The average molecular weight is 266 g/mol. The third-order valence-corrected chi connectivity index (χ3v) is 6.06. The van der Waals surface area contributed by atoms with E-state index >= 15 is 0 Å². The van der Waals surface area contributed by atoms with E-state index in [1.54, 1.807) is 24.3 Å². The molecule has 1 aliphatic rings. The fourth-order valence-corrected chi connectivity index (χ4v) is 4.55. The summed E-state index contributed by atoms with van der Waals surface area (Å²) in [5.74, 6) is 0.409. The van der Waals surface area contributed by atoms with Crippen LogP contribution in [0.25, 0.3) is 0 Å². The van der Waals surface area contributed by atoms with Crippen molar-refractivity contribution >= 4 is 9.84 Å². The molecular weight excluding hydrogens is 244 g/mol. The fourth-order valence-electron chi connectivity index (χ4n) is 2.52. The van der Waals surface area contributed by atoms with Crippen LogP contribution in [0, 0.1) is 5.92 Å². The van der Waals surface area contributed by atoms with Crippen LogP contribution in [0.15, 0.2) is 35.2 Å². The van der Waals surface area contributed by atoms with Gasteiger partial charge in [-0.25, -0.2) is 8.42 Å². The van der Waals surface area contributed by atoms with Gasteiger partial charge in [0.05, 0.1) is 10.1 Å². The Bertz CT molecular complexity index is 465. The highest BCUT2D eigenvalue weighted by Crippen LogP contribution is 2.43. The monoisotopic (exact) mass is 266 g/mol. The zero-order valence-corrected chi connectivity index (χ0v) is 11.8. The van der Waals surface area contributed by atoms with Gasteiger partial charge < -0.3 is 0 Å². The van der Waals surface area contributed by atoms with Crippen molar-refractivity contribution in [2.75, 3.05) is 0 Å². The Hall–Kier alpha value is -0.830. The maximum absolute atomic E-state index is 12.3. The summed E-state index contributed by atoms with van der Waals surface area (Å²) in [6, 6.07) is 8.87. The zero-order chi connectivity index (χ0) is 13.0. The molecule has 1 aliphatic carbocycles. The second-order valence-corrected chi connectivity index (χ2v) is 7.41. The summed E-state index contributed by atoms with van der Waals surface area (Å²) in [4.78, 5) is 0.492. The number of rotatable bonds is 7. The minimum Gasteiger partial charge on any atom is -0.223 e. The summed E-state index contributed by atoms with van der Waals surface area (Å²) in [6.45, 7) is 2.19. The molecule has 100 valence electrons. The van der Waals surface area contributed by atoms with Crippen molar-refractivity contribution in [3.05, 3.63) is 30.3 Å². The molecule has 0 amide bonds. The van der Waals surface area contributed by atoms with Crippen LogP contribution in [0.2, 0.25) is 0 Å². The first-order valence-corrected chi connectivity index (χ1v) is 8.50. The highest BCUT2D eigenvalue weighted by molar-refractivity contribution is 7.92. The standard InChI is InChI=1S/C15H22O2S/c1-2-3-4-6-9-13-12-15(13)18(16,17)14-10-7-5-8-11-14/h5,7-8,10-11,13,15H,2-4,6,9,12H2,1H3. The van der Waals surface area contributed by atoms with Gasteiger partial charge in [-0.2, -0.15) is 0 Å².